The van der Waals surface area contributed by atoms with E-state index in [9.17, 15) is 4.79 Å². The summed E-state index contributed by atoms with van der Waals surface area (Å²) in [7, 11) is 0. The van der Waals surface area contributed by atoms with Gasteiger partial charge in [0.1, 0.15) is 11.0 Å². The van der Waals surface area contributed by atoms with Crippen LogP contribution in [-0.4, -0.2) is 22.1 Å². The molecule has 1 atom stereocenters. The molecule has 1 heterocycles. The predicted octanol–water partition coefficient (Wildman–Crippen LogP) is 2.00. The van der Waals surface area contributed by atoms with Crippen molar-refractivity contribution in [2.45, 2.75) is 45.7 Å². The van der Waals surface area contributed by atoms with E-state index in [1.54, 1.807) is 18.3 Å². The number of rotatable bonds is 4. The van der Waals surface area contributed by atoms with Crippen molar-refractivity contribution >= 4 is 17.3 Å². The zero-order valence-corrected chi connectivity index (χ0v) is 10.9. The molecule has 1 aromatic rings. The van der Waals surface area contributed by atoms with Gasteiger partial charge in [-0.1, -0.05) is 20.8 Å². The van der Waals surface area contributed by atoms with Gasteiger partial charge in [0, 0.05) is 17.3 Å². The molecule has 0 spiro atoms. The Morgan fingerprint density at radius 1 is 1.62 bits per heavy atom. The Hall–Kier alpha value is -0.940. The third-order valence-corrected chi connectivity index (χ3v) is 3.10. The molecule has 0 aliphatic carbocycles. The molecule has 1 aromatic heterocycles. The van der Waals surface area contributed by atoms with E-state index in [0.29, 0.717) is 6.54 Å². The highest BCUT2D eigenvalue weighted by Crippen LogP contribution is 2.23. The molecular weight excluding hydrogens is 224 g/mol. The number of nitrogens with one attached hydrogen (secondary N) is 1. The molecule has 0 saturated heterocycles. The fraction of sp³-hybridized carbons (Fsp3) is 0.636. The van der Waals surface area contributed by atoms with Gasteiger partial charge < -0.3 is 5.11 Å². The summed E-state index contributed by atoms with van der Waals surface area (Å²) in [6, 6.07) is -0.540. The molecule has 0 unspecified atom stereocenters. The average molecular weight is 242 g/mol. The molecule has 4 nitrogen and oxygen atoms in total. The van der Waals surface area contributed by atoms with Crippen LogP contribution in [0.25, 0.3) is 0 Å². The van der Waals surface area contributed by atoms with Gasteiger partial charge in [0.05, 0.1) is 5.69 Å². The Morgan fingerprint density at radius 3 is 2.69 bits per heavy atom. The molecule has 0 fully saturated rings. The number of carboxylic acids is 1. The fourth-order valence-corrected chi connectivity index (χ4v) is 2.04. The number of carboxylic acid groups (broad SMARTS) is 1. The van der Waals surface area contributed by atoms with Crippen molar-refractivity contribution < 1.29 is 9.90 Å². The van der Waals surface area contributed by atoms with Crippen molar-refractivity contribution in [3.05, 3.63) is 16.1 Å². The zero-order valence-electron chi connectivity index (χ0n) is 10.1. The SMILES string of the molecule is C[C@H](NCc1nc(C(C)(C)C)cs1)C(=O)O. The largest absolute Gasteiger partial charge is 0.480 e. The van der Waals surface area contributed by atoms with Gasteiger partial charge in [-0.2, -0.15) is 0 Å². The maximum absolute atomic E-state index is 10.6. The van der Waals surface area contributed by atoms with Crippen LogP contribution in [0, 0.1) is 0 Å². The average Bonchev–Trinajstić information content (AvgIpc) is 2.61. The Labute approximate surface area is 99.7 Å². The number of hydrogen-bond donors (Lipinski definition) is 2. The Kier molecular flexibility index (Phi) is 4.04. The molecule has 0 saturated carbocycles. The minimum atomic E-state index is -0.840. The Morgan fingerprint density at radius 2 is 2.25 bits per heavy atom. The molecule has 0 bridgehead atoms. The lowest BCUT2D eigenvalue weighted by Crippen LogP contribution is -2.33. The molecular formula is C11H18N2O2S. The number of thiazole rings is 1. The van der Waals surface area contributed by atoms with Gasteiger partial charge >= 0.3 is 5.97 Å². The van der Waals surface area contributed by atoms with Gasteiger partial charge in [-0.3, -0.25) is 10.1 Å². The first-order chi connectivity index (χ1) is 7.30. The fourth-order valence-electron chi connectivity index (χ4n) is 1.06. The number of carbonyl (C=O) groups is 1. The first-order valence-corrected chi connectivity index (χ1v) is 6.09. The van der Waals surface area contributed by atoms with E-state index in [1.165, 1.54) is 0 Å². The summed E-state index contributed by atoms with van der Waals surface area (Å²) >= 11 is 1.56. The summed E-state index contributed by atoms with van der Waals surface area (Å²) in [5, 5.41) is 14.6. The van der Waals surface area contributed by atoms with Crippen LogP contribution in [0.3, 0.4) is 0 Å². The van der Waals surface area contributed by atoms with Gasteiger partial charge in [-0.25, -0.2) is 4.98 Å². The summed E-state index contributed by atoms with van der Waals surface area (Å²) in [6.45, 7) is 8.46. The molecule has 90 valence electrons. The smallest absolute Gasteiger partial charge is 0.320 e. The molecule has 0 aliphatic heterocycles. The lowest BCUT2D eigenvalue weighted by atomic mass is 9.93. The molecule has 16 heavy (non-hydrogen) atoms. The number of hydrogen-bond acceptors (Lipinski definition) is 4. The molecule has 0 radical (unpaired) electrons. The van der Waals surface area contributed by atoms with Crippen LogP contribution < -0.4 is 5.32 Å². The molecule has 0 amide bonds. The van der Waals surface area contributed by atoms with Crippen LogP contribution in [0.5, 0.6) is 0 Å². The lowest BCUT2D eigenvalue weighted by molar-refractivity contribution is -0.139. The standard InChI is InChI=1S/C11H18N2O2S/c1-7(10(14)15)12-5-9-13-8(6-16-9)11(2,3)4/h6-7,12H,5H2,1-4H3,(H,14,15)/t7-/m0/s1. The molecule has 2 N–H and O–H groups in total. The second kappa shape index (κ2) is 4.93. The quantitative estimate of drug-likeness (QED) is 0.847. The lowest BCUT2D eigenvalue weighted by Gasteiger charge is -2.14. The third-order valence-electron chi connectivity index (χ3n) is 2.25. The molecule has 0 aromatic carbocycles. The first-order valence-electron chi connectivity index (χ1n) is 5.22. The van der Waals surface area contributed by atoms with Gasteiger partial charge in [0.2, 0.25) is 0 Å². The van der Waals surface area contributed by atoms with E-state index < -0.39 is 12.0 Å². The van der Waals surface area contributed by atoms with E-state index >= 15 is 0 Å². The second-order valence-corrected chi connectivity index (χ2v) is 5.76. The number of nitrogens with zero attached hydrogens (tertiary/aromatic N) is 1. The first kappa shape index (κ1) is 13.1. The highest BCUT2D eigenvalue weighted by Gasteiger charge is 2.18. The molecule has 1 rings (SSSR count). The van der Waals surface area contributed by atoms with E-state index in [4.69, 9.17) is 5.11 Å². The van der Waals surface area contributed by atoms with Gasteiger partial charge in [-0.15, -0.1) is 11.3 Å². The van der Waals surface area contributed by atoms with Crippen LogP contribution in [-0.2, 0) is 16.8 Å². The molecule has 5 heteroatoms. The van der Waals surface area contributed by atoms with Crippen LogP contribution in [0.1, 0.15) is 38.4 Å². The third kappa shape index (κ3) is 3.57. The maximum Gasteiger partial charge on any atom is 0.320 e. The predicted molar refractivity (Wildman–Crippen MR) is 64.8 cm³/mol. The molecule has 0 aliphatic rings. The topological polar surface area (TPSA) is 62.2 Å². The van der Waals surface area contributed by atoms with Crippen LogP contribution in [0.15, 0.2) is 5.38 Å². The number of aliphatic carboxylic acids is 1. The highest BCUT2D eigenvalue weighted by molar-refractivity contribution is 7.09. The summed E-state index contributed by atoms with van der Waals surface area (Å²) in [4.78, 5) is 15.1. The monoisotopic (exact) mass is 242 g/mol. The summed E-state index contributed by atoms with van der Waals surface area (Å²) in [6.07, 6.45) is 0. The van der Waals surface area contributed by atoms with E-state index in [0.717, 1.165) is 10.7 Å². The van der Waals surface area contributed by atoms with Gasteiger partial charge in [0.25, 0.3) is 0 Å². The maximum atomic E-state index is 10.6. The van der Waals surface area contributed by atoms with Gasteiger partial charge in [-0.05, 0) is 6.92 Å². The number of aromatic nitrogens is 1. The minimum absolute atomic E-state index is 0.0488. The van der Waals surface area contributed by atoms with E-state index in [2.05, 4.69) is 31.1 Å². The highest BCUT2D eigenvalue weighted by atomic mass is 32.1. The van der Waals surface area contributed by atoms with E-state index in [-0.39, 0.29) is 5.41 Å². The minimum Gasteiger partial charge on any atom is -0.480 e. The summed E-state index contributed by atoms with van der Waals surface area (Å²) in [5.41, 5.74) is 1.10. The van der Waals surface area contributed by atoms with Crippen LogP contribution >= 0.6 is 11.3 Å². The van der Waals surface area contributed by atoms with Crippen molar-refractivity contribution in [1.29, 1.82) is 0 Å². The van der Waals surface area contributed by atoms with Crippen molar-refractivity contribution in [2.24, 2.45) is 0 Å². The van der Waals surface area contributed by atoms with E-state index in [1.807, 2.05) is 5.38 Å². The summed E-state index contributed by atoms with van der Waals surface area (Å²) < 4.78 is 0. The Bertz CT molecular complexity index is 368. The zero-order chi connectivity index (χ0) is 12.3. The van der Waals surface area contributed by atoms with Crippen molar-refractivity contribution in [3.63, 3.8) is 0 Å². The van der Waals surface area contributed by atoms with Crippen molar-refractivity contribution in [2.75, 3.05) is 0 Å². The van der Waals surface area contributed by atoms with Gasteiger partial charge in [0.15, 0.2) is 0 Å². The normalized spacial score (nSPS) is 13.8. The Balaban J connectivity index is 2.57. The summed E-state index contributed by atoms with van der Waals surface area (Å²) in [5.74, 6) is -0.840. The van der Waals surface area contributed by atoms with Crippen LogP contribution in [0.2, 0.25) is 0 Å². The van der Waals surface area contributed by atoms with Crippen molar-refractivity contribution in [1.82, 2.24) is 10.3 Å². The second-order valence-electron chi connectivity index (χ2n) is 4.82. The van der Waals surface area contributed by atoms with Crippen LogP contribution in [0.4, 0.5) is 0 Å². The van der Waals surface area contributed by atoms with Crippen molar-refractivity contribution in [3.8, 4) is 0 Å².